The van der Waals surface area contributed by atoms with Gasteiger partial charge in [0.15, 0.2) is 0 Å². The standard InChI is InChI=1S/C15H20N4OS/c1-12(9-21-3)18(2)15(20)14-7-5-4-6-13(14)8-19-11-16-10-17-19/h4-7,10-12H,8-9H2,1-3H3/t12-/m1/s1. The molecular formula is C15H20N4OS. The van der Waals surface area contributed by atoms with E-state index in [0.29, 0.717) is 6.54 Å². The summed E-state index contributed by atoms with van der Waals surface area (Å²) in [6, 6.07) is 7.87. The van der Waals surface area contributed by atoms with Crippen molar-refractivity contribution in [2.24, 2.45) is 0 Å². The quantitative estimate of drug-likeness (QED) is 0.820. The minimum atomic E-state index is 0.0484. The number of hydrogen-bond donors (Lipinski definition) is 0. The van der Waals surface area contributed by atoms with Gasteiger partial charge in [0, 0.05) is 24.4 Å². The largest absolute Gasteiger partial charge is 0.338 e. The molecule has 0 aliphatic heterocycles. The summed E-state index contributed by atoms with van der Waals surface area (Å²) in [7, 11) is 1.86. The maximum absolute atomic E-state index is 12.7. The maximum atomic E-state index is 12.7. The highest BCUT2D eigenvalue weighted by Gasteiger charge is 2.19. The number of carbonyl (C=O) groups excluding carboxylic acids is 1. The van der Waals surface area contributed by atoms with Crippen LogP contribution >= 0.6 is 11.8 Å². The van der Waals surface area contributed by atoms with Crippen LogP contribution in [-0.4, -0.2) is 50.7 Å². The van der Waals surface area contributed by atoms with Crippen molar-refractivity contribution < 1.29 is 4.79 Å². The number of hydrogen-bond acceptors (Lipinski definition) is 4. The lowest BCUT2D eigenvalue weighted by molar-refractivity contribution is 0.0756. The normalized spacial score (nSPS) is 12.1. The highest BCUT2D eigenvalue weighted by Crippen LogP contribution is 2.15. The molecule has 0 aliphatic carbocycles. The minimum absolute atomic E-state index is 0.0484. The second kappa shape index (κ2) is 7.26. The van der Waals surface area contributed by atoms with Crippen molar-refractivity contribution in [3.05, 3.63) is 48.0 Å². The van der Waals surface area contributed by atoms with Crippen molar-refractivity contribution in [2.75, 3.05) is 19.1 Å². The monoisotopic (exact) mass is 304 g/mol. The predicted molar refractivity (Wildman–Crippen MR) is 85.5 cm³/mol. The number of carbonyl (C=O) groups is 1. The Bertz CT molecular complexity index is 585. The predicted octanol–water partition coefficient (Wildman–Crippen LogP) is 2.15. The molecule has 1 aromatic heterocycles. The van der Waals surface area contributed by atoms with Gasteiger partial charge < -0.3 is 4.90 Å². The Morgan fingerprint density at radius 1 is 1.43 bits per heavy atom. The summed E-state index contributed by atoms with van der Waals surface area (Å²) >= 11 is 1.74. The van der Waals surface area contributed by atoms with E-state index in [1.807, 2.05) is 37.6 Å². The number of rotatable bonds is 6. The summed E-state index contributed by atoms with van der Waals surface area (Å²) in [4.78, 5) is 18.4. The van der Waals surface area contributed by atoms with Gasteiger partial charge in [-0.25, -0.2) is 9.67 Å². The number of benzene rings is 1. The van der Waals surface area contributed by atoms with Gasteiger partial charge in [-0.3, -0.25) is 4.79 Å². The van der Waals surface area contributed by atoms with Crippen molar-refractivity contribution in [1.29, 1.82) is 0 Å². The van der Waals surface area contributed by atoms with Crippen LogP contribution in [0.2, 0.25) is 0 Å². The lowest BCUT2D eigenvalue weighted by atomic mass is 10.1. The van der Waals surface area contributed by atoms with Crippen LogP contribution in [0.1, 0.15) is 22.8 Å². The molecule has 1 aromatic carbocycles. The maximum Gasteiger partial charge on any atom is 0.254 e. The number of aromatic nitrogens is 3. The van der Waals surface area contributed by atoms with E-state index in [2.05, 4.69) is 17.0 Å². The third kappa shape index (κ3) is 3.85. The highest BCUT2D eigenvalue weighted by atomic mass is 32.2. The van der Waals surface area contributed by atoms with Crippen LogP contribution in [0.4, 0.5) is 0 Å². The van der Waals surface area contributed by atoms with Crippen molar-refractivity contribution >= 4 is 17.7 Å². The molecule has 0 aliphatic rings. The van der Waals surface area contributed by atoms with Crippen LogP contribution in [0.3, 0.4) is 0 Å². The summed E-state index contributed by atoms with van der Waals surface area (Å²) in [5, 5.41) is 4.10. The van der Waals surface area contributed by atoms with E-state index in [-0.39, 0.29) is 11.9 Å². The van der Waals surface area contributed by atoms with Crippen molar-refractivity contribution in [3.63, 3.8) is 0 Å². The Morgan fingerprint density at radius 3 is 2.86 bits per heavy atom. The molecule has 0 radical (unpaired) electrons. The number of amides is 1. The molecule has 1 heterocycles. The molecule has 0 unspecified atom stereocenters. The fourth-order valence-corrected chi connectivity index (χ4v) is 2.80. The molecule has 1 atom stereocenters. The lowest BCUT2D eigenvalue weighted by Gasteiger charge is -2.25. The molecule has 0 saturated carbocycles. The van der Waals surface area contributed by atoms with Crippen LogP contribution in [0.15, 0.2) is 36.9 Å². The van der Waals surface area contributed by atoms with Crippen molar-refractivity contribution in [1.82, 2.24) is 19.7 Å². The first-order valence-electron chi connectivity index (χ1n) is 6.80. The van der Waals surface area contributed by atoms with Crippen LogP contribution < -0.4 is 0 Å². The zero-order valence-electron chi connectivity index (χ0n) is 12.6. The average molecular weight is 304 g/mol. The van der Waals surface area contributed by atoms with Gasteiger partial charge in [-0.2, -0.15) is 16.9 Å². The molecule has 0 spiro atoms. The highest BCUT2D eigenvalue weighted by molar-refractivity contribution is 7.98. The topological polar surface area (TPSA) is 51.0 Å². The second-order valence-electron chi connectivity index (χ2n) is 4.97. The van der Waals surface area contributed by atoms with Crippen LogP contribution in [0.5, 0.6) is 0 Å². The molecule has 1 amide bonds. The molecule has 5 nitrogen and oxygen atoms in total. The smallest absolute Gasteiger partial charge is 0.254 e. The van der Waals surface area contributed by atoms with Gasteiger partial charge in [-0.15, -0.1) is 0 Å². The van der Waals surface area contributed by atoms with E-state index < -0.39 is 0 Å². The third-order valence-electron chi connectivity index (χ3n) is 3.44. The molecule has 0 fully saturated rings. The molecule has 21 heavy (non-hydrogen) atoms. The Labute approximate surface area is 129 Å². The summed E-state index contributed by atoms with van der Waals surface area (Å²) in [5.74, 6) is 0.972. The van der Waals surface area contributed by atoms with Gasteiger partial charge in [0.2, 0.25) is 0 Å². The van der Waals surface area contributed by atoms with Gasteiger partial charge in [0.25, 0.3) is 5.91 Å². The van der Waals surface area contributed by atoms with E-state index in [1.165, 1.54) is 6.33 Å². The van der Waals surface area contributed by atoms with Gasteiger partial charge in [-0.1, -0.05) is 18.2 Å². The van der Waals surface area contributed by atoms with Gasteiger partial charge >= 0.3 is 0 Å². The Hall–Kier alpha value is -1.82. The van der Waals surface area contributed by atoms with Crippen molar-refractivity contribution in [3.8, 4) is 0 Å². The number of nitrogens with zero attached hydrogens (tertiary/aromatic N) is 4. The SMILES string of the molecule is CSC[C@@H](C)N(C)C(=O)c1ccccc1Cn1cncn1. The molecule has 2 rings (SSSR count). The fourth-order valence-electron chi connectivity index (χ4n) is 2.10. The van der Waals surface area contributed by atoms with E-state index in [9.17, 15) is 4.79 Å². The first-order valence-corrected chi connectivity index (χ1v) is 8.19. The zero-order chi connectivity index (χ0) is 15.2. The number of thioether (sulfide) groups is 1. The van der Waals surface area contributed by atoms with Crippen LogP contribution in [0.25, 0.3) is 0 Å². The van der Waals surface area contributed by atoms with E-state index in [0.717, 1.165) is 16.9 Å². The molecule has 0 N–H and O–H groups in total. The Balaban J connectivity index is 2.21. The first kappa shape index (κ1) is 15.6. The van der Waals surface area contributed by atoms with Gasteiger partial charge in [-0.05, 0) is 24.8 Å². The van der Waals surface area contributed by atoms with Crippen LogP contribution in [0, 0.1) is 0 Å². The Kier molecular flexibility index (Phi) is 5.38. The summed E-state index contributed by atoms with van der Waals surface area (Å²) in [5.41, 5.74) is 1.68. The molecular weight excluding hydrogens is 284 g/mol. The average Bonchev–Trinajstić information content (AvgIpc) is 2.99. The molecule has 2 aromatic rings. The third-order valence-corrected chi connectivity index (χ3v) is 4.25. The molecule has 0 saturated heterocycles. The molecule has 112 valence electrons. The van der Waals surface area contributed by atoms with E-state index in [1.54, 1.807) is 27.7 Å². The van der Waals surface area contributed by atoms with E-state index in [4.69, 9.17) is 0 Å². The molecule has 0 bridgehead atoms. The zero-order valence-corrected chi connectivity index (χ0v) is 13.4. The van der Waals surface area contributed by atoms with Crippen molar-refractivity contribution in [2.45, 2.75) is 19.5 Å². The Morgan fingerprint density at radius 2 is 2.19 bits per heavy atom. The summed E-state index contributed by atoms with van der Waals surface area (Å²) < 4.78 is 1.72. The van der Waals surface area contributed by atoms with Crippen LogP contribution in [-0.2, 0) is 6.54 Å². The summed E-state index contributed by atoms with van der Waals surface area (Å²) in [6.07, 6.45) is 5.20. The summed E-state index contributed by atoms with van der Waals surface area (Å²) in [6.45, 7) is 2.61. The van der Waals surface area contributed by atoms with Gasteiger partial charge in [0.1, 0.15) is 12.7 Å². The minimum Gasteiger partial charge on any atom is -0.338 e. The fraction of sp³-hybridized carbons (Fsp3) is 0.400. The second-order valence-corrected chi connectivity index (χ2v) is 5.88. The molecule has 6 heteroatoms. The van der Waals surface area contributed by atoms with E-state index >= 15 is 0 Å². The lowest BCUT2D eigenvalue weighted by Crippen LogP contribution is -2.37. The van der Waals surface area contributed by atoms with Gasteiger partial charge in [0.05, 0.1) is 6.54 Å². The first-order chi connectivity index (χ1) is 10.1.